The molecule has 0 fully saturated rings. The maximum Gasteiger partial charge on any atom is 0.170 e. The van der Waals surface area contributed by atoms with Crippen LogP contribution in [0.5, 0.6) is 0 Å². The molecule has 0 aromatic rings. The summed E-state index contributed by atoms with van der Waals surface area (Å²) in [5, 5.41) is 7.86. The summed E-state index contributed by atoms with van der Waals surface area (Å²) in [6.07, 6.45) is 5.88. The van der Waals surface area contributed by atoms with Gasteiger partial charge in [-0.05, 0) is 0 Å². The molecule has 0 aromatic carbocycles. The van der Waals surface area contributed by atoms with E-state index in [-0.39, 0.29) is 5.41 Å². The van der Waals surface area contributed by atoms with Gasteiger partial charge in [0.1, 0.15) is 11.8 Å². The zero-order valence-corrected chi connectivity index (χ0v) is 6.18. The minimum Gasteiger partial charge on any atom is -0.248 e. The molecule has 2 bridgehead atoms. The van der Waals surface area contributed by atoms with Crippen molar-refractivity contribution in [1.29, 1.82) is 0 Å². The first-order valence-corrected chi connectivity index (χ1v) is 3.66. The molecule has 1 atom stereocenters. The average molecular weight is 159 g/mol. The summed E-state index contributed by atoms with van der Waals surface area (Å²) in [4.78, 5) is 12.2. The summed E-state index contributed by atoms with van der Waals surface area (Å²) in [6.45, 7) is 0. The molecule has 12 heavy (non-hydrogen) atoms. The van der Waals surface area contributed by atoms with Crippen LogP contribution in [0.1, 0.15) is 6.42 Å². The van der Waals surface area contributed by atoms with Crippen molar-refractivity contribution in [3.05, 3.63) is 0 Å². The Kier molecular flexibility index (Phi) is 0.861. The number of hydrogen-bond donors (Lipinski definition) is 0. The van der Waals surface area contributed by atoms with Crippen LogP contribution in [-0.2, 0) is 0 Å². The third-order valence-electron chi connectivity index (χ3n) is 2.12. The smallest absolute Gasteiger partial charge is 0.170 e. The number of aliphatic imine (C=N–C) groups is 3. The topological polar surface area (TPSA) is 61.8 Å². The highest BCUT2D eigenvalue weighted by atomic mass is 15.3. The first-order chi connectivity index (χ1) is 5.89. The van der Waals surface area contributed by atoms with Gasteiger partial charge in [0.2, 0.25) is 0 Å². The number of amidine groups is 2. The van der Waals surface area contributed by atoms with E-state index in [2.05, 4.69) is 25.2 Å². The van der Waals surface area contributed by atoms with Crippen LogP contribution in [0.15, 0.2) is 25.2 Å². The lowest BCUT2D eigenvalue weighted by atomic mass is 9.86. The van der Waals surface area contributed by atoms with Gasteiger partial charge < -0.3 is 0 Å². The molecule has 5 heteroatoms. The van der Waals surface area contributed by atoms with Crippen LogP contribution in [0.2, 0.25) is 0 Å². The van der Waals surface area contributed by atoms with Crippen molar-refractivity contribution in [3.63, 3.8) is 0 Å². The number of rotatable bonds is 0. The van der Waals surface area contributed by atoms with E-state index in [9.17, 15) is 0 Å². The Balaban J connectivity index is 2.25. The first kappa shape index (κ1) is 5.93. The van der Waals surface area contributed by atoms with Crippen LogP contribution in [0, 0.1) is 5.41 Å². The van der Waals surface area contributed by atoms with E-state index in [1.54, 1.807) is 0 Å². The van der Waals surface area contributed by atoms with Crippen LogP contribution in [0.25, 0.3) is 0 Å². The molecule has 3 aliphatic rings. The normalized spacial score (nSPS) is 34.7. The Hall–Kier alpha value is -1.65. The van der Waals surface area contributed by atoms with E-state index in [0.29, 0.717) is 5.84 Å². The quantitative estimate of drug-likeness (QED) is 0.487. The molecule has 0 aromatic heterocycles. The van der Waals surface area contributed by atoms with Gasteiger partial charge in [-0.1, -0.05) is 0 Å². The van der Waals surface area contributed by atoms with Gasteiger partial charge in [0.05, 0.1) is 0 Å². The molecule has 3 heterocycles. The van der Waals surface area contributed by atoms with Crippen molar-refractivity contribution >= 4 is 30.4 Å². The van der Waals surface area contributed by atoms with Gasteiger partial charge >= 0.3 is 0 Å². The molecule has 0 saturated carbocycles. The lowest BCUT2D eigenvalue weighted by Crippen LogP contribution is -2.35. The first-order valence-electron chi connectivity index (χ1n) is 3.66. The molecular weight excluding hydrogens is 154 g/mol. The molecule has 1 unspecified atom stereocenters. The van der Waals surface area contributed by atoms with Crippen LogP contribution >= 0.6 is 0 Å². The van der Waals surface area contributed by atoms with Gasteiger partial charge in [-0.25, -0.2) is 15.0 Å². The molecule has 0 N–H and O–H groups in total. The Bertz CT molecular complexity index is 383. The van der Waals surface area contributed by atoms with Gasteiger partial charge in [0.15, 0.2) is 11.7 Å². The van der Waals surface area contributed by atoms with Crippen LogP contribution in [0.4, 0.5) is 0 Å². The predicted octanol–water partition coefficient (Wildman–Crippen LogP) is 0.286. The van der Waals surface area contributed by atoms with Crippen molar-refractivity contribution in [1.82, 2.24) is 0 Å². The molecule has 1 spiro atoms. The predicted molar refractivity (Wildman–Crippen MR) is 47.4 cm³/mol. The lowest BCUT2D eigenvalue weighted by Gasteiger charge is -2.22. The standard InChI is InChI=1S/C7H5N5/c1-5-9-3-7(1)2-8-4-10-6(7)12-11-5/h2-4H,1H2. The number of hydrogen-bond acceptors (Lipinski definition) is 5. The van der Waals surface area contributed by atoms with E-state index in [1.165, 1.54) is 6.34 Å². The second-order valence-corrected chi connectivity index (χ2v) is 2.94. The summed E-state index contributed by atoms with van der Waals surface area (Å²) in [6, 6.07) is 0. The van der Waals surface area contributed by atoms with Crippen molar-refractivity contribution in [3.8, 4) is 0 Å². The minimum atomic E-state index is -0.272. The van der Waals surface area contributed by atoms with Crippen LogP contribution in [0.3, 0.4) is 0 Å². The molecule has 0 radical (unpaired) electrons. The van der Waals surface area contributed by atoms with E-state index in [1.807, 2.05) is 12.4 Å². The molecule has 58 valence electrons. The SMILES string of the molecule is C1=NC=NC2=NN=C3CC12C=N3. The van der Waals surface area contributed by atoms with Crippen LogP contribution in [-0.4, -0.2) is 30.4 Å². The van der Waals surface area contributed by atoms with Gasteiger partial charge in [-0.15, -0.1) is 10.2 Å². The third kappa shape index (κ3) is 0.561. The summed E-state index contributed by atoms with van der Waals surface area (Å²) in [5.74, 6) is 1.46. The molecule has 5 nitrogen and oxygen atoms in total. The average Bonchev–Trinajstić information content (AvgIpc) is 2.43. The summed E-state index contributed by atoms with van der Waals surface area (Å²) in [7, 11) is 0. The third-order valence-corrected chi connectivity index (χ3v) is 2.12. The minimum absolute atomic E-state index is 0.272. The van der Waals surface area contributed by atoms with Gasteiger partial charge in [0.25, 0.3) is 0 Å². The van der Waals surface area contributed by atoms with Crippen molar-refractivity contribution in [2.45, 2.75) is 6.42 Å². The van der Waals surface area contributed by atoms with Crippen LogP contribution < -0.4 is 0 Å². The fourth-order valence-corrected chi connectivity index (χ4v) is 1.48. The summed E-state index contributed by atoms with van der Waals surface area (Å²) in [5.41, 5.74) is -0.272. The van der Waals surface area contributed by atoms with Crippen molar-refractivity contribution in [2.24, 2.45) is 30.6 Å². The molecule has 3 rings (SSSR count). The largest absolute Gasteiger partial charge is 0.248 e. The van der Waals surface area contributed by atoms with E-state index < -0.39 is 0 Å². The maximum absolute atomic E-state index is 4.12. The summed E-state index contributed by atoms with van der Waals surface area (Å²) < 4.78 is 0. The zero-order chi connectivity index (χ0) is 8.02. The second kappa shape index (κ2) is 1.74. The Labute approximate surface area is 68.4 Å². The monoisotopic (exact) mass is 159 g/mol. The number of fused-ring (bicyclic) bond motifs is 1. The molecule has 0 saturated heterocycles. The zero-order valence-electron chi connectivity index (χ0n) is 6.18. The molecule has 0 aliphatic carbocycles. The number of nitrogens with zero attached hydrogens (tertiary/aromatic N) is 5. The van der Waals surface area contributed by atoms with Gasteiger partial charge in [0, 0.05) is 18.9 Å². The molecule has 0 amide bonds. The fourth-order valence-electron chi connectivity index (χ4n) is 1.48. The highest BCUT2D eigenvalue weighted by Gasteiger charge is 2.42. The van der Waals surface area contributed by atoms with Gasteiger partial charge in [-0.3, -0.25) is 0 Å². The van der Waals surface area contributed by atoms with E-state index >= 15 is 0 Å². The highest BCUT2D eigenvalue weighted by molar-refractivity contribution is 6.26. The Morgan fingerprint density at radius 2 is 2.17 bits per heavy atom. The van der Waals surface area contributed by atoms with Crippen molar-refractivity contribution < 1.29 is 0 Å². The molecule has 3 aliphatic heterocycles. The van der Waals surface area contributed by atoms with E-state index in [4.69, 9.17) is 0 Å². The lowest BCUT2D eigenvalue weighted by molar-refractivity contribution is 0.825. The molecular formula is C7H5N5. The van der Waals surface area contributed by atoms with E-state index in [0.717, 1.165) is 12.3 Å². The maximum atomic E-state index is 4.12. The Morgan fingerprint density at radius 1 is 1.17 bits per heavy atom. The summed E-state index contributed by atoms with van der Waals surface area (Å²) >= 11 is 0. The second-order valence-electron chi connectivity index (χ2n) is 2.94. The van der Waals surface area contributed by atoms with Gasteiger partial charge in [-0.2, -0.15) is 0 Å². The Morgan fingerprint density at radius 3 is 3.17 bits per heavy atom. The van der Waals surface area contributed by atoms with Crippen molar-refractivity contribution in [2.75, 3.05) is 0 Å². The fraction of sp³-hybridized carbons (Fsp3) is 0.286. The highest BCUT2D eigenvalue weighted by Crippen LogP contribution is 2.31.